The van der Waals surface area contributed by atoms with Gasteiger partial charge in [0.05, 0.1) is 59.3 Å². The van der Waals surface area contributed by atoms with Gasteiger partial charge in [-0.3, -0.25) is 9.59 Å². The Balaban J connectivity index is 1.49. The molecule has 0 bridgehead atoms. The summed E-state index contributed by atoms with van der Waals surface area (Å²) in [5, 5.41) is 61.9. The van der Waals surface area contributed by atoms with Gasteiger partial charge in [-0.2, -0.15) is 20.5 Å². The van der Waals surface area contributed by atoms with E-state index in [0.29, 0.717) is 69.3 Å². The largest absolute Gasteiger partial charge is 0.481 e. The third-order valence-electron chi connectivity index (χ3n) is 9.43. The first-order valence-corrected chi connectivity index (χ1v) is 21.4. The summed E-state index contributed by atoms with van der Waals surface area (Å²) in [6.07, 6.45) is -1.26. The van der Waals surface area contributed by atoms with Crippen LogP contribution in [-0.4, -0.2) is 80.8 Å². The quantitative estimate of drug-likeness (QED) is 0.0342. The van der Waals surface area contributed by atoms with Crippen molar-refractivity contribution >= 4 is 43.8 Å². The molecule has 4 aromatic rings. The summed E-state index contributed by atoms with van der Waals surface area (Å²) in [5.41, 5.74) is 7.17. The Morgan fingerprint density at radius 2 is 1.06 bits per heavy atom. The molecule has 16 nitrogen and oxygen atoms in total. The third-order valence-corrected chi connectivity index (χ3v) is 10.6. The summed E-state index contributed by atoms with van der Waals surface area (Å²) >= 11 is 7.13. The van der Waals surface area contributed by atoms with E-state index in [2.05, 4.69) is 64.6 Å². The Labute approximate surface area is 377 Å². The van der Waals surface area contributed by atoms with Crippen LogP contribution in [0.2, 0.25) is 0 Å². The number of benzene rings is 2. The van der Waals surface area contributed by atoms with E-state index in [1.807, 2.05) is 50.2 Å². The first kappa shape index (κ1) is 49.3. The Bertz CT molecular complexity index is 2080. The molecule has 0 saturated carbocycles. The summed E-state index contributed by atoms with van der Waals surface area (Å²) in [7, 11) is 0. The lowest BCUT2D eigenvalue weighted by Gasteiger charge is -2.18. The molecule has 0 radical (unpaired) electrons. The maximum absolute atomic E-state index is 10.9. The number of nitrogens with zero attached hydrogens (tertiary/aromatic N) is 4. The Hall–Kier alpha value is -5.34. The maximum Gasteiger partial charge on any atom is 0.306 e. The first-order valence-electron chi connectivity index (χ1n) is 19.8. The van der Waals surface area contributed by atoms with Gasteiger partial charge in [0, 0.05) is 50.1 Å². The smallest absolute Gasteiger partial charge is 0.306 e. The van der Waals surface area contributed by atoms with Gasteiger partial charge in [0.1, 0.15) is 13.2 Å². The normalized spacial score (nSPS) is 11.9. The molecule has 0 aliphatic heterocycles. The van der Waals surface area contributed by atoms with Gasteiger partial charge in [-0.1, -0.05) is 36.4 Å². The fourth-order valence-corrected chi connectivity index (χ4v) is 7.14. The molecule has 0 aliphatic carbocycles. The lowest BCUT2D eigenvalue weighted by Crippen LogP contribution is -2.28. The number of aliphatic hydroxyl groups excluding tert-OH is 2. The van der Waals surface area contributed by atoms with E-state index in [4.69, 9.17) is 39.7 Å². The molecule has 0 spiro atoms. The predicted molar refractivity (Wildman–Crippen MR) is 235 cm³/mol. The van der Waals surface area contributed by atoms with Crippen molar-refractivity contribution in [3.05, 3.63) is 90.9 Å². The Kier molecular flexibility index (Phi) is 20.3. The van der Waals surface area contributed by atoms with Crippen LogP contribution in [0.1, 0.15) is 71.9 Å². The zero-order chi connectivity index (χ0) is 45.0. The number of nitriles is 2. The average molecular weight is 983 g/mol. The van der Waals surface area contributed by atoms with E-state index < -0.39 is 24.1 Å². The van der Waals surface area contributed by atoms with Crippen molar-refractivity contribution in [3.8, 4) is 46.8 Å². The van der Waals surface area contributed by atoms with Crippen LogP contribution in [0.3, 0.4) is 0 Å². The SMILES string of the molecule is Cc1c(COc2nc(OCCCC#N)c(CNCC(O)CC(=O)O)cc2Br)cccc1-c1cccc(COc2nc(OCCCC#N)c(CNCC(O)CC(=O)O)cc2Br)c1C. The summed E-state index contributed by atoms with van der Waals surface area (Å²) in [6, 6.07) is 19.8. The molecule has 2 heterocycles. The zero-order valence-electron chi connectivity index (χ0n) is 34.5. The Morgan fingerprint density at radius 3 is 1.44 bits per heavy atom. The molecule has 0 fully saturated rings. The number of aliphatic carboxylic acids is 2. The number of carboxylic acids is 2. The molecular weight excluding hydrogens is 932 g/mol. The molecule has 330 valence electrons. The summed E-state index contributed by atoms with van der Waals surface area (Å²) < 4.78 is 25.5. The van der Waals surface area contributed by atoms with Gasteiger partial charge in [-0.05, 0) is 104 Å². The van der Waals surface area contributed by atoms with Crippen LogP contribution in [0.4, 0.5) is 0 Å². The monoisotopic (exact) mass is 980 g/mol. The second kappa shape index (κ2) is 25.6. The van der Waals surface area contributed by atoms with Gasteiger partial charge in [-0.15, -0.1) is 0 Å². The van der Waals surface area contributed by atoms with Crippen molar-refractivity contribution in [2.45, 2.75) is 90.9 Å². The Morgan fingerprint density at radius 1 is 0.661 bits per heavy atom. The minimum Gasteiger partial charge on any atom is -0.481 e. The van der Waals surface area contributed by atoms with Gasteiger partial charge in [0.15, 0.2) is 0 Å². The lowest BCUT2D eigenvalue weighted by molar-refractivity contribution is -0.140. The number of rotatable bonds is 27. The van der Waals surface area contributed by atoms with Crippen LogP contribution < -0.4 is 29.6 Å². The highest BCUT2D eigenvalue weighted by Gasteiger charge is 2.19. The number of unbranched alkanes of at least 4 members (excludes halogenated alkanes) is 2. The van der Waals surface area contributed by atoms with Crippen LogP contribution in [0, 0.1) is 36.5 Å². The molecule has 2 unspecified atom stereocenters. The molecule has 2 atom stereocenters. The number of halogens is 2. The average Bonchev–Trinajstić information content (AvgIpc) is 3.22. The van der Waals surface area contributed by atoms with Crippen LogP contribution in [0.15, 0.2) is 57.5 Å². The number of aromatic nitrogens is 2. The number of nitrogens with one attached hydrogen (secondary N) is 2. The molecule has 4 rings (SSSR count). The molecule has 0 aliphatic rings. The highest BCUT2D eigenvalue weighted by Crippen LogP contribution is 2.35. The zero-order valence-corrected chi connectivity index (χ0v) is 37.6. The molecule has 62 heavy (non-hydrogen) atoms. The topological polar surface area (TPSA) is 249 Å². The fourth-order valence-electron chi connectivity index (χ4n) is 6.18. The molecule has 0 saturated heterocycles. The van der Waals surface area contributed by atoms with Crippen molar-refractivity contribution in [3.63, 3.8) is 0 Å². The highest BCUT2D eigenvalue weighted by atomic mass is 79.9. The van der Waals surface area contributed by atoms with E-state index in [1.165, 1.54) is 0 Å². The minimum atomic E-state index is -1.10. The van der Waals surface area contributed by atoms with Gasteiger partial charge >= 0.3 is 11.9 Å². The third kappa shape index (κ3) is 15.5. The first-order chi connectivity index (χ1) is 29.8. The number of hydrogen-bond acceptors (Lipinski definition) is 14. The van der Waals surface area contributed by atoms with Gasteiger partial charge in [0.25, 0.3) is 0 Å². The number of ether oxygens (including phenoxy) is 4. The number of pyridine rings is 2. The summed E-state index contributed by atoms with van der Waals surface area (Å²) in [4.78, 5) is 31.2. The second-order valence-electron chi connectivity index (χ2n) is 14.2. The maximum atomic E-state index is 10.9. The number of carboxylic acid groups (broad SMARTS) is 2. The van der Waals surface area contributed by atoms with Gasteiger partial charge < -0.3 is 50.0 Å². The van der Waals surface area contributed by atoms with E-state index in [-0.39, 0.29) is 65.4 Å². The highest BCUT2D eigenvalue weighted by molar-refractivity contribution is 9.10. The predicted octanol–water partition coefficient (Wildman–Crippen LogP) is 6.66. The van der Waals surface area contributed by atoms with E-state index in [9.17, 15) is 19.8 Å². The number of aliphatic hydroxyl groups is 2. The summed E-state index contributed by atoms with van der Waals surface area (Å²) in [5.74, 6) is -1.01. The van der Waals surface area contributed by atoms with Crippen molar-refractivity contribution < 1.29 is 49.0 Å². The van der Waals surface area contributed by atoms with E-state index in [0.717, 1.165) is 33.4 Å². The van der Waals surface area contributed by atoms with E-state index >= 15 is 0 Å². The van der Waals surface area contributed by atoms with Crippen LogP contribution in [0.5, 0.6) is 23.5 Å². The fraction of sp³-hybridized carbons (Fsp3) is 0.409. The van der Waals surface area contributed by atoms with Crippen LogP contribution >= 0.6 is 31.9 Å². The van der Waals surface area contributed by atoms with Gasteiger partial charge in [0.2, 0.25) is 23.5 Å². The van der Waals surface area contributed by atoms with Crippen LogP contribution in [0.25, 0.3) is 11.1 Å². The van der Waals surface area contributed by atoms with E-state index in [1.54, 1.807) is 12.1 Å². The van der Waals surface area contributed by atoms with Crippen LogP contribution in [-0.2, 0) is 35.9 Å². The molecule has 2 aromatic heterocycles. The van der Waals surface area contributed by atoms with Crippen molar-refractivity contribution in [1.29, 1.82) is 10.5 Å². The molecule has 2 aromatic carbocycles. The van der Waals surface area contributed by atoms with Gasteiger partial charge in [-0.25, -0.2) is 0 Å². The van der Waals surface area contributed by atoms with Crippen molar-refractivity contribution in [2.24, 2.45) is 0 Å². The lowest BCUT2D eigenvalue weighted by atomic mass is 9.92. The minimum absolute atomic E-state index is 0.0539. The summed E-state index contributed by atoms with van der Waals surface area (Å²) in [6.45, 7) is 5.53. The molecule has 18 heteroatoms. The van der Waals surface area contributed by atoms with Crippen molar-refractivity contribution in [1.82, 2.24) is 20.6 Å². The second-order valence-corrected chi connectivity index (χ2v) is 15.9. The standard InChI is InChI=1S/C44H50Br2N6O10/c1-27-29(25-61-43-37(45)17-31(21-49-23-33(53)19-39(55)56)41(51-43)59-15-5-3-13-47)9-7-11-35(27)36-12-8-10-30(28(36)2)26-62-44-38(46)18-32(22-50-24-34(54)20-40(57)58)42(52-44)60-16-6-4-14-48/h7-12,17-18,33-34,49-50,53-54H,3-6,15-16,19-26H2,1-2H3,(H,55,56)(H,57,58). The molecule has 0 amide bonds. The molecule has 6 N–H and O–H groups in total. The van der Waals surface area contributed by atoms with Crippen molar-refractivity contribution in [2.75, 3.05) is 26.3 Å². The molecular formula is C44H50Br2N6O10. The number of hydrogen-bond donors (Lipinski definition) is 6. The number of carbonyl (C=O) groups is 2.